The van der Waals surface area contributed by atoms with E-state index in [1.807, 2.05) is 0 Å². The average Bonchev–Trinajstić information content (AvgIpc) is 2.35. The van der Waals surface area contributed by atoms with Gasteiger partial charge in [-0.2, -0.15) is 0 Å². The number of ketones is 1. The van der Waals surface area contributed by atoms with E-state index >= 15 is 0 Å². The fraction of sp³-hybridized carbons (Fsp3) is 0.385. The van der Waals surface area contributed by atoms with Crippen LogP contribution in [0.1, 0.15) is 30.6 Å². The van der Waals surface area contributed by atoms with Gasteiger partial charge in [0, 0.05) is 5.56 Å². The van der Waals surface area contributed by atoms with Crippen molar-refractivity contribution in [2.75, 3.05) is 0 Å². The Morgan fingerprint density at radius 1 is 1.33 bits per heavy atom. The van der Waals surface area contributed by atoms with E-state index in [4.69, 9.17) is 15.6 Å². The summed E-state index contributed by atoms with van der Waals surface area (Å²) < 4.78 is 5.28. The minimum Gasteiger partial charge on any atom is -0.479 e. The summed E-state index contributed by atoms with van der Waals surface area (Å²) in [6.07, 6.45) is -0.504. The SMILES string of the molecule is CCC(Oc1ccc(C(=O)C(C)N)cc1)C(=O)O. The van der Waals surface area contributed by atoms with E-state index in [0.717, 1.165) is 0 Å². The lowest BCUT2D eigenvalue weighted by molar-refractivity contribution is -0.145. The average molecular weight is 251 g/mol. The van der Waals surface area contributed by atoms with Gasteiger partial charge in [-0.1, -0.05) is 6.92 Å². The highest BCUT2D eigenvalue weighted by Gasteiger charge is 2.17. The van der Waals surface area contributed by atoms with E-state index in [0.29, 0.717) is 17.7 Å². The molecule has 0 heterocycles. The number of carbonyl (C=O) groups is 2. The number of aliphatic carboxylic acids is 1. The predicted octanol–water partition coefficient (Wildman–Crippen LogP) is 1.46. The molecular weight excluding hydrogens is 234 g/mol. The molecule has 0 aliphatic rings. The Morgan fingerprint density at radius 2 is 1.89 bits per heavy atom. The smallest absolute Gasteiger partial charge is 0.344 e. The monoisotopic (exact) mass is 251 g/mol. The molecule has 0 aliphatic heterocycles. The van der Waals surface area contributed by atoms with E-state index < -0.39 is 18.1 Å². The summed E-state index contributed by atoms with van der Waals surface area (Å²) in [6, 6.07) is 5.74. The van der Waals surface area contributed by atoms with Crippen molar-refractivity contribution in [3.05, 3.63) is 29.8 Å². The van der Waals surface area contributed by atoms with Gasteiger partial charge >= 0.3 is 5.97 Å². The van der Waals surface area contributed by atoms with E-state index in [2.05, 4.69) is 0 Å². The number of nitrogens with two attached hydrogens (primary N) is 1. The molecule has 3 N–H and O–H groups in total. The van der Waals surface area contributed by atoms with Crippen LogP contribution in [-0.4, -0.2) is 29.0 Å². The summed E-state index contributed by atoms with van der Waals surface area (Å²) >= 11 is 0. The van der Waals surface area contributed by atoms with Gasteiger partial charge in [0.05, 0.1) is 6.04 Å². The van der Waals surface area contributed by atoms with Gasteiger partial charge < -0.3 is 15.6 Å². The molecule has 0 amide bonds. The Morgan fingerprint density at radius 3 is 2.28 bits per heavy atom. The number of rotatable bonds is 6. The quantitative estimate of drug-likeness (QED) is 0.747. The molecule has 18 heavy (non-hydrogen) atoms. The number of Topliss-reactive ketones (excluding diaryl/α,β-unsaturated/α-hetero) is 1. The van der Waals surface area contributed by atoms with Crippen molar-refractivity contribution in [3.8, 4) is 5.75 Å². The van der Waals surface area contributed by atoms with Gasteiger partial charge in [0.2, 0.25) is 0 Å². The normalized spacial score (nSPS) is 13.7. The minimum atomic E-state index is -1.01. The number of carboxylic acid groups (broad SMARTS) is 1. The fourth-order valence-electron chi connectivity index (χ4n) is 1.43. The molecule has 0 aromatic heterocycles. The zero-order valence-electron chi connectivity index (χ0n) is 10.4. The maximum atomic E-state index is 11.6. The van der Waals surface area contributed by atoms with Gasteiger partial charge in [0.1, 0.15) is 5.75 Å². The minimum absolute atomic E-state index is 0.160. The lowest BCUT2D eigenvalue weighted by Crippen LogP contribution is -2.27. The standard InChI is InChI=1S/C13H17NO4/c1-3-11(13(16)17)18-10-6-4-9(5-7-10)12(15)8(2)14/h4-8,11H,3,14H2,1-2H3,(H,16,17). The van der Waals surface area contributed by atoms with Gasteiger partial charge in [-0.3, -0.25) is 4.79 Å². The molecule has 0 spiro atoms. The molecule has 2 atom stereocenters. The first kappa shape index (κ1) is 14.2. The number of benzene rings is 1. The van der Waals surface area contributed by atoms with Gasteiger partial charge in [-0.15, -0.1) is 0 Å². The highest BCUT2D eigenvalue weighted by atomic mass is 16.5. The lowest BCUT2D eigenvalue weighted by atomic mass is 10.1. The molecule has 98 valence electrons. The van der Waals surface area contributed by atoms with Crippen molar-refractivity contribution in [2.24, 2.45) is 5.73 Å². The van der Waals surface area contributed by atoms with Crippen LogP contribution in [0.3, 0.4) is 0 Å². The van der Waals surface area contributed by atoms with Crippen LogP contribution in [0.4, 0.5) is 0 Å². The zero-order valence-corrected chi connectivity index (χ0v) is 10.4. The van der Waals surface area contributed by atoms with Crippen LogP contribution in [0, 0.1) is 0 Å². The number of hydrogen-bond acceptors (Lipinski definition) is 4. The summed E-state index contributed by atoms with van der Waals surface area (Å²) in [5.41, 5.74) is 5.98. The largest absolute Gasteiger partial charge is 0.479 e. The van der Waals surface area contributed by atoms with Crippen molar-refractivity contribution in [1.82, 2.24) is 0 Å². The van der Waals surface area contributed by atoms with Crippen LogP contribution in [-0.2, 0) is 4.79 Å². The molecule has 1 aromatic rings. The molecule has 0 fully saturated rings. The summed E-state index contributed by atoms with van der Waals surface area (Å²) in [5.74, 6) is -0.745. The Labute approximate surface area is 106 Å². The van der Waals surface area contributed by atoms with Crippen molar-refractivity contribution in [3.63, 3.8) is 0 Å². The molecule has 0 saturated carbocycles. The first-order valence-electron chi connectivity index (χ1n) is 5.75. The van der Waals surface area contributed by atoms with Crippen molar-refractivity contribution in [1.29, 1.82) is 0 Å². The third-order valence-corrected chi connectivity index (χ3v) is 2.48. The predicted molar refractivity (Wildman–Crippen MR) is 66.8 cm³/mol. The number of ether oxygens (including phenoxy) is 1. The molecule has 0 aliphatic carbocycles. The van der Waals surface area contributed by atoms with Crippen LogP contribution in [0.2, 0.25) is 0 Å². The molecular formula is C13H17NO4. The first-order valence-corrected chi connectivity index (χ1v) is 5.75. The number of carbonyl (C=O) groups excluding carboxylic acids is 1. The van der Waals surface area contributed by atoms with Gasteiger partial charge in [-0.25, -0.2) is 4.79 Å². The second kappa shape index (κ2) is 6.16. The second-order valence-corrected chi connectivity index (χ2v) is 4.03. The third-order valence-electron chi connectivity index (χ3n) is 2.48. The first-order chi connectivity index (χ1) is 8.45. The van der Waals surface area contributed by atoms with Crippen LogP contribution < -0.4 is 10.5 Å². The lowest BCUT2D eigenvalue weighted by Gasteiger charge is -2.13. The van der Waals surface area contributed by atoms with Crippen LogP contribution in [0.5, 0.6) is 5.75 Å². The van der Waals surface area contributed by atoms with Gasteiger partial charge in [-0.05, 0) is 37.6 Å². The highest BCUT2D eigenvalue weighted by Crippen LogP contribution is 2.16. The van der Waals surface area contributed by atoms with E-state index in [-0.39, 0.29) is 5.78 Å². The summed E-state index contributed by atoms with van der Waals surface area (Å²) in [4.78, 5) is 22.4. The van der Waals surface area contributed by atoms with Crippen LogP contribution >= 0.6 is 0 Å². The van der Waals surface area contributed by atoms with E-state index in [9.17, 15) is 9.59 Å². The van der Waals surface area contributed by atoms with Crippen molar-refractivity contribution < 1.29 is 19.4 Å². The van der Waals surface area contributed by atoms with Crippen molar-refractivity contribution in [2.45, 2.75) is 32.4 Å². The maximum absolute atomic E-state index is 11.6. The summed E-state index contributed by atoms with van der Waals surface area (Å²) in [6.45, 7) is 3.34. The number of hydrogen-bond donors (Lipinski definition) is 2. The van der Waals surface area contributed by atoms with Crippen molar-refractivity contribution >= 4 is 11.8 Å². The Balaban J connectivity index is 2.77. The topological polar surface area (TPSA) is 89.6 Å². The summed E-state index contributed by atoms with van der Waals surface area (Å²) in [5, 5.41) is 8.85. The third kappa shape index (κ3) is 3.56. The Hall–Kier alpha value is -1.88. The molecule has 0 saturated heterocycles. The van der Waals surface area contributed by atoms with E-state index in [1.165, 1.54) is 0 Å². The second-order valence-electron chi connectivity index (χ2n) is 4.03. The molecule has 2 unspecified atom stereocenters. The molecule has 5 heteroatoms. The number of carboxylic acids is 1. The molecule has 0 radical (unpaired) electrons. The molecule has 0 bridgehead atoms. The summed E-state index contributed by atoms with van der Waals surface area (Å²) in [7, 11) is 0. The van der Waals surface area contributed by atoms with E-state index in [1.54, 1.807) is 38.1 Å². The van der Waals surface area contributed by atoms with Gasteiger partial charge in [0.25, 0.3) is 0 Å². The highest BCUT2D eigenvalue weighted by molar-refractivity contribution is 5.99. The maximum Gasteiger partial charge on any atom is 0.344 e. The zero-order chi connectivity index (χ0) is 13.7. The molecule has 5 nitrogen and oxygen atoms in total. The fourth-order valence-corrected chi connectivity index (χ4v) is 1.43. The Bertz CT molecular complexity index is 425. The van der Waals surface area contributed by atoms with Crippen LogP contribution in [0.25, 0.3) is 0 Å². The molecule has 1 aromatic carbocycles. The van der Waals surface area contributed by atoms with Crippen LogP contribution in [0.15, 0.2) is 24.3 Å². The Kier molecular flexibility index (Phi) is 4.85. The molecule has 1 rings (SSSR count). The van der Waals surface area contributed by atoms with Gasteiger partial charge in [0.15, 0.2) is 11.9 Å².